The summed E-state index contributed by atoms with van der Waals surface area (Å²) in [6.45, 7) is 5.29. The number of anilines is 1. The van der Waals surface area contributed by atoms with Crippen molar-refractivity contribution in [2.24, 2.45) is 0 Å². The third kappa shape index (κ3) is 8.10. The summed E-state index contributed by atoms with van der Waals surface area (Å²) in [5.74, 6) is -0.00543. The molecular formula is C28H32ClN5O7S2. The maximum absolute atomic E-state index is 13.2. The number of sulfonamides is 1. The molecule has 1 amide bonds. The third-order valence-corrected chi connectivity index (χ3v) is 9.57. The van der Waals surface area contributed by atoms with E-state index in [2.05, 4.69) is 20.5 Å². The number of rotatable bonds is 9. The fraction of sp³-hybridized carbons (Fsp3) is 0.321. The van der Waals surface area contributed by atoms with Gasteiger partial charge in [0.2, 0.25) is 5.91 Å². The SMILES string of the molecule is CC(C)(O)c1cccc2c1c(NS(=O)(=O)c1ccc(Cl)s1)nn2Cc1cccc(CNC(=O)[C@H]2COCCN2)c1.O=CO. The Kier molecular flexibility index (Phi) is 10.4. The first kappa shape index (κ1) is 32.4. The first-order chi connectivity index (χ1) is 20.4. The summed E-state index contributed by atoms with van der Waals surface area (Å²) in [5, 5.41) is 29.0. The van der Waals surface area contributed by atoms with Crippen LogP contribution in [0.4, 0.5) is 5.82 Å². The van der Waals surface area contributed by atoms with Crippen molar-refractivity contribution < 1.29 is 33.0 Å². The van der Waals surface area contributed by atoms with E-state index in [0.29, 0.717) is 53.7 Å². The average molecular weight is 650 g/mol. The van der Waals surface area contributed by atoms with Crippen LogP contribution in [-0.4, -0.2) is 66.6 Å². The van der Waals surface area contributed by atoms with Gasteiger partial charge in [-0.1, -0.05) is 48.0 Å². The van der Waals surface area contributed by atoms with Gasteiger partial charge in [-0.2, -0.15) is 5.10 Å². The zero-order valence-electron chi connectivity index (χ0n) is 23.4. The topological polar surface area (TPSA) is 172 Å². The molecule has 0 aliphatic carbocycles. The zero-order valence-corrected chi connectivity index (χ0v) is 25.8. The van der Waals surface area contributed by atoms with Crippen LogP contribution in [0, 0.1) is 0 Å². The van der Waals surface area contributed by atoms with Gasteiger partial charge in [0.25, 0.3) is 16.5 Å². The van der Waals surface area contributed by atoms with Gasteiger partial charge in [0.05, 0.1) is 40.6 Å². The van der Waals surface area contributed by atoms with Crippen LogP contribution in [0.5, 0.6) is 0 Å². The monoisotopic (exact) mass is 649 g/mol. The van der Waals surface area contributed by atoms with Crippen LogP contribution in [0.25, 0.3) is 10.9 Å². The number of ether oxygens (including phenoxy) is 1. The number of benzene rings is 2. The number of carbonyl (C=O) groups excluding carboxylic acids is 1. The van der Waals surface area contributed by atoms with E-state index >= 15 is 0 Å². The third-order valence-electron chi connectivity index (χ3n) is 6.51. The fourth-order valence-corrected chi connectivity index (χ4v) is 7.10. The van der Waals surface area contributed by atoms with E-state index in [9.17, 15) is 18.3 Å². The predicted molar refractivity (Wildman–Crippen MR) is 164 cm³/mol. The summed E-state index contributed by atoms with van der Waals surface area (Å²) in [5.41, 5.74) is 1.75. The number of hydrogen-bond acceptors (Lipinski definition) is 9. The molecule has 1 atom stereocenters. The van der Waals surface area contributed by atoms with E-state index in [1.54, 1.807) is 30.7 Å². The molecule has 3 heterocycles. The summed E-state index contributed by atoms with van der Waals surface area (Å²) < 4.78 is 36.4. The highest BCUT2D eigenvalue weighted by Crippen LogP contribution is 2.35. The van der Waals surface area contributed by atoms with Crippen LogP contribution < -0.4 is 15.4 Å². The lowest BCUT2D eigenvalue weighted by atomic mass is 9.95. The number of thiophene rings is 1. The predicted octanol–water partition coefficient (Wildman–Crippen LogP) is 3.13. The highest BCUT2D eigenvalue weighted by molar-refractivity contribution is 7.94. The Bertz CT molecular complexity index is 1690. The van der Waals surface area contributed by atoms with Gasteiger partial charge in [-0.15, -0.1) is 11.3 Å². The van der Waals surface area contributed by atoms with E-state index in [1.807, 2.05) is 30.3 Å². The average Bonchev–Trinajstić information content (AvgIpc) is 3.56. The van der Waals surface area contributed by atoms with Crippen molar-refractivity contribution in [3.63, 3.8) is 0 Å². The molecule has 0 saturated carbocycles. The minimum atomic E-state index is -3.97. The quantitative estimate of drug-likeness (QED) is 0.171. The van der Waals surface area contributed by atoms with E-state index in [1.165, 1.54) is 12.1 Å². The summed E-state index contributed by atoms with van der Waals surface area (Å²) in [4.78, 5) is 20.8. The van der Waals surface area contributed by atoms with E-state index in [-0.39, 0.29) is 28.4 Å². The van der Waals surface area contributed by atoms with Crippen molar-refractivity contribution in [1.29, 1.82) is 0 Å². The Morgan fingerprint density at radius 1 is 1.23 bits per heavy atom. The number of halogens is 1. The zero-order chi connectivity index (χ0) is 31.2. The summed E-state index contributed by atoms with van der Waals surface area (Å²) >= 11 is 6.92. The van der Waals surface area contributed by atoms with Gasteiger partial charge in [-0.05, 0) is 48.7 Å². The number of carboxylic acid groups (broad SMARTS) is 1. The van der Waals surface area contributed by atoms with Gasteiger partial charge in [0, 0.05) is 13.1 Å². The van der Waals surface area contributed by atoms with Gasteiger partial charge >= 0.3 is 0 Å². The molecule has 0 radical (unpaired) electrons. The van der Waals surface area contributed by atoms with Crippen LogP contribution in [0.3, 0.4) is 0 Å². The van der Waals surface area contributed by atoms with Crippen molar-refractivity contribution in [3.8, 4) is 0 Å². The van der Waals surface area contributed by atoms with Gasteiger partial charge in [0.15, 0.2) is 5.82 Å². The Labute approximate surface area is 257 Å². The highest BCUT2D eigenvalue weighted by atomic mass is 35.5. The molecule has 15 heteroatoms. The second-order valence-corrected chi connectivity index (χ2v) is 13.8. The van der Waals surface area contributed by atoms with Crippen LogP contribution in [-0.2, 0) is 43.0 Å². The lowest BCUT2D eigenvalue weighted by Crippen LogP contribution is -2.51. The Balaban J connectivity index is 0.00000135. The van der Waals surface area contributed by atoms with Crippen molar-refractivity contribution in [2.75, 3.05) is 24.5 Å². The lowest BCUT2D eigenvalue weighted by molar-refractivity contribution is -0.126. The maximum Gasteiger partial charge on any atom is 0.290 e. The Morgan fingerprint density at radius 3 is 2.60 bits per heavy atom. The molecule has 0 bridgehead atoms. The molecule has 0 unspecified atom stereocenters. The highest BCUT2D eigenvalue weighted by Gasteiger charge is 2.27. The Hall–Kier alpha value is -3.53. The minimum Gasteiger partial charge on any atom is -0.483 e. The first-order valence-corrected chi connectivity index (χ1v) is 15.9. The number of nitrogens with zero attached hydrogens (tertiary/aromatic N) is 2. The first-order valence-electron chi connectivity index (χ1n) is 13.2. The number of amides is 1. The number of hydrogen-bond donors (Lipinski definition) is 5. The molecule has 1 aliphatic heterocycles. The van der Waals surface area contributed by atoms with Crippen molar-refractivity contribution in [1.82, 2.24) is 20.4 Å². The van der Waals surface area contributed by atoms with Crippen molar-refractivity contribution in [3.05, 3.63) is 75.6 Å². The molecular weight excluding hydrogens is 618 g/mol. The molecule has 2 aromatic heterocycles. The molecule has 2 aromatic carbocycles. The van der Waals surface area contributed by atoms with Gasteiger partial charge < -0.3 is 25.6 Å². The lowest BCUT2D eigenvalue weighted by Gasteiger charge is -2.22. The van der Waals surface area contributed by atoms with Crippen LogP contribution >= 0.6 is 22.9 Å². The largest absolute Gasteiger partial charge is 0.483 e. The molecule has 1 fully saturated rings. The number of aromatic nitrogens is 2. The summed E-state index contributed by atoms with van der Waals surface area (Å²) in [6.07, 6.45) is 0. The van der Waals surface area contributed by atoms with Crippen LogP contribution in [0.15, 0.2) is 58.8 Å². The fourth-order valence-electron chi connectivity index (χ4n) is 4.61. The van der Waals surface area contributed by atoms with Gasteiger partial charge in [-0.3, -0.25) is 19.0 Å². The van der Waals surface area contributed by atoms with E-state index in [4.69, 9.17) is 26.2 Å². The van der Waals surface area contributed by atoms with E-state index in [0.717, 1.165) is 22.5 Å². The van der Waals surface area contributed by atoms with Crippen LogP contribution in [0.1, 0.15) is 30.5 Å². The number of fused-ring (bicyclic) bond motifs is 1. The van der Waals surface area contributed by atoms with Crippen molar-refractivity contribution >= 4 is 62.1 Å². The smallest absolute Gasteiger partial charge is 0.290 e. The number of aliphatic hydroxyl groups is 1. The summed E-state index contributed by atoms with van der Waals surface area (Å²) in [6, 6.07) is 15.7. The molecule has 5 N–H and O–H groups in total. The molecule has 230 valence electrons. The Morgan fingerprint density at radius 2 is 1.95 bits per heavy atom. The molecule has 0 spiro atoms. The maximum atomic E-state index is 13.2. The molecule has 4 aromatic rings. The van der Waals surface area contributed by atoms with Crippen molar-refractivity contribution in [2.45, 2.75) is 42.8 Å². The minimum absolute atomic E-state index is 0.0608. The molecule has 5 rings (SSSR count). The van der Waals surface area contributed by atoms with Gasteiger partial charge in [-0.25, -0.2) is 8.42 Å². The number of nitrogens with one attached hydrogen (secondary N) is 3. The molecule has 12 nitrogen and oxygen atoms in total. The molecule has 1 aliphatic rings. The normalized spacial score (nSPS) is 15.4. The number of carbonyl (C=O) groups is 2. The summed E-state index contributed by atoms with van der Waals surface area (Å²) in [7, 11) is -3.97. The van der Waals surface area contributed by atoms with Crippen LogP contribution in [0.2, 0.25) is 4.34 Å². The second kappa shape index (κ2) is 13.8. The molecule has 1 saturated heterocycles. The second-order valence-electron chi connectivity index (χ2n) is 10.2. The van der Waals surface area contributed by atoms with E-state index < -0.39 is 15.6 Å². The van der Waals surface area contributed by atoms with Gasteiger partial charge in [0.1, 0.15) is 10.3 Å². The standard InChI is InChI=1S/C27H30ClN5O5S2.CH2O2/c1-27(2,35)19-7-4-8-21-24(19)25(32-40(36,37)23-10-9-22(28)39-23)31-33(21)15-18-6-3-5-17(13-18)14-30-26(34)20-16-38-12-11-29-20;2-1-3/h3-10,13,20,29,35H,11-12,14-16H2,1-2H3,(H,30,34)(H,31,32);1H,(H,2,3)/t20-;/m1./s1. The number of morpholine rings is 1. The molecule has 43 heavy (non-hydrogen) atoms.